The first-order valence-electron chi connectivity index (χ1n) is 7.67. The Morgan fingerprint density at radius 3 is 2.32 bits per heavy atom. The molecule has 0 bridgehead atoms. The number of sulfonamides is 1. The number of aromatic hydroxyl groups is 2. The van der Waals surface area contributed by atoms with Gasteiger partial charge in [-0.1, -0.05) is 12.1 Å². The summed E-state index contributed by atoms with van der Waals surface area (Å²) < 4.78 is 27.5. The van der Waals surface area contributed by atoms with Crippen LogP contribution >= 0.6 is 0 Å². The lowest BCUT2D eigenvalue weighted by molar-refractivity contribution is 0.0686. The summed E-state index contributed by atoms with van der Waals surface area (Å²) in [4.78, 5) is 28.8. The van der Waals surface area contributed by atoms with E-state index in [0.29, 0.717) is 0 Å². The van der Waals surface area contributed by atoms with Crippen molar-refractivity contribution in [2.24, 2.45) is 0 Å². The van der Waals surface area contributed by atoms with E-state index in [9.17, 15) is 28.2 Å². The van der Waals surface area contributed by atoms with Gasteiger partial charge in [0.2, 0.25) is 5.75 Å². The van der Waals surface area contributed by atoms with Crippen molar-refractivity contribution in [3.63, 3.8) is 0 Å². The first kappa shape index (κ1) is 18.9. The van der Waals surface area contributed by atoms with Gasteiger partial charge in [0.25, 0.3) is 15.6 Å². The van der Waals surface area contributed by atoms with Crippen LogP contribution in [0.4, 0.5) is 5.69 Å². The third-order valence-electron chi connectivity index (χ3n) is 3.67. The molecule has 11 heteroatoms. The van der Waals surface area contributed by atoms with E-state index < -0.39 is 33.0 Å². The molecular weight excluding hydrogens is 390 g/mol. The predicted octanol–water partition coefficient (Wildman–Crippen LogP) is 1.35. The van der Waals surface area contributed by atoms with Gasteiger partial charge in [0.15, 0.2) is 5.69 Å². The molecule has 0 amide bonds. The number of hydrogen-bond acceptors (Lipinski definition) is 7. The third kappa shape index (κ3) is 3.64. The number of nitrogens with one attached hydrogen (secondary N) is 2. The number of aromatic nitrogens is 2. The molecule has 0 aliphatic carbocycles. The first-order valence-corrected chi connectivity index (χ1v) is 9.15. The maximum Gasteiger partial charge on any atom is 0.358 e. The quantitative estimate of drug-likeness (QED) is 0.425. The van der Waals surface area contributed by atoms with Crippen molar-refractivity contribution in [1.82, 2.24) is 9.97 Å². The molecule has 0 aliphatic rings. The summed E-state index contributed by atoms with van der Waals surface area (Å²) in [6, 6.07) is 10.7. The Kier molecular flexibility index (Phi) is 4.76. The topological polar surface area (TPSA) is 170 Å². The number of carboxylic acids is 1. The summed E-state index contributed by atoms with van der Waals surface area (Å²) in [6.07, 6.45) is 0. The van der Waals surface area contributed by atoms with E-state index in [4.69, 9.17) is 5.11 Å². The number of nitrogens with zero attached hydrogens (tertiary/aromatic N) is 1. The van der Waals surface area contributed by atoms with Crippen LogP contribution in [0.2, 0.25) is 0 Å². The van der Waals surface area contributed by atoms with Crippen LogP contribution in [0.5, 0.6) is 11.5 Å². The van der Waals surface area contributed by atoms with Gasteiger partial charge in [-0.3, -0.25) is 9.52 Å². The predicted molar refractivity (Wildman–Crippen MR) is 97.8 cm³/mol. The standard InChI is InChI=1S/C17H13N3O7S/c21-9-5-7-10(8-6-9)28(26,27)20-12-4-2-1-3-11(12)15-18-13(17(24)25)14(22)16(23)19-15/h1-8,20-22H,(H,24,25)(H,18,19,23). The molecule has 0 unspecified atom stereocenters. The molecule has 0 fully saturated rings. The fourth-order valence-electron chi connectivity index (χ4n) is 2.35. The van der Waals surface area contributed by atoms with Crippen molar-refractivity contribution in [3.8, 4) is 22.9 Å². The number of carbonyl (C=O) groups is 1. The van der Waals surface area contributed by atoms with Crippen molar-refractivity contribution >= 4 is 21.7 Å². The number of anilines is 1. The van der Waals surface area contributed by atoms with Gasteiger partial charge < -0.3 is 20.3 Å². The SMILES string of the molecule is O=C(O)c1nc(-c2ccccc2NS(=O)(=O)c2ccc(O)cc2)[nH]c(=O)c1O. The summed E-state index contributed by atoms with van der Waals surface area (Å²) in [6.45, 7) is 0. The van der Waals surface area contributed by atoms with Gasteiger partial charge in [-0.05, 0) is 36.4 Å². The highest BCUT2D eigenvalue weighted by atomic mass is 32.2. The zero-order valence-corrected chi connectivity index (χ0v) is 14.8. The maximum absolute atomic E-state index is 12.6. The number of benzene rings is 2. The van der Waals surface area contributed by atoms with Gasteiger partial charge in [-0.2, -0.15) is 0 Å². The Morgan fingerprint density at radius 1 is 1.04 bits per heavy atom. The fraction of sp³-hybridized carbons (Fsp3) is 0. The van der Waals surface area contributed by atoms with E-state index in [0.717, 1.165) is 0 Å². The molecule has 1 heterocycles. The van der Waals surface area contributed by atoms with Crippen LogP contribution in [0.15, 0.2) is 58.2 Å². The average molecular weight is 403 g/mol. The largest absolute Gasteiger partial charge is 0.508 e. The fourth-order valence-corrected chi connectivity index (χ4v) is 3.43. The lowest BCUT2D eigenvalue weighted by Crippen LogP contribution is -2.17. The second-order valence-electron chi connectivity index (χ2n) is 5.56. The summed E-state index contributed by atoms with van der Waals surface area (Å²) in [5.41, 5.74) is -1.85. The number of para-hydroxylation sites is 1. The molecule has 0 saturated heterocycles. The normalized spacial score (nSPS) is 11.1. The van der Waals surface area contributed by atoms with Crippen LogP contribution < -0.4 is 10.3 Å². The van der Waals surface area contributed by atoms with Crippen molar-refractivity contribution in [1.29, 1.82) is 0 Å². The number of aromatic amines is 1. The number of H-pyrrole nitrogens is 1. The number of phenols is 1. The van der Waals surface area contributed by atoms with E-state index >= 15 is 0 Å². The molecule has 28 heavy (non-hydrogen) atoms. The molecule has 2 aromatic carbocycles. The number of rotatable bonds is 5. The van der Waals surface area contributed by atoms with E-state index in [-0.39, 0.29) is 27.7 Å². The van der Waals surface area contributed by atoms with Crippen LogP contribution in [-0.2, 0) is 10.0 Å². The van der Waals surface area contributed by atoms with Gasteiger partial charge in [0.05, 0.1) is 10.6 Å². The van der Waals surface area contributed by atoms with Gasteiger partial charge in [0.1, 0.15) is 11.6 Å². The molecule has 10 nitrogen and oxygen atoms in total. The zero-order valence-electron chi connectivity index (χ0n) is 13.9. The Balaban J connectivity index is 2.09. The lowest BCUT2D eigenvalue weighted by atomic mass is 10.1. The molecule has 0 saturated carbocycles. The van der Waals surface area contributed by atoms with Crippen LogP contribution in [0.1, 0.15) is 10.5 Å². The molecule has 3 rings (SSSR count). The number of carboxylic acid groups (broad SMARTS) is 1. The molecule has 0 spiro atoms. The van der Waals surface area contributed by atoms with Gasteiger partial charge in [0, 0.05) is 5.56 Å². The Hall–Kier alpha value is -3.86. The van der Waals surface area contributed by atoms with Crippen LogP contribution in [0, 0.1) is 0 Å². The van der Waals surface area contributed by atoms with Crippen LogP contribution in [0.25, 0.3) is 11.4 Å². The highest BCUT2D eigenvalue weighted by Crippen LogP contribution is 2.28. The maximum atomic E-state index is 12.6. The number of hydrogen-bond donors (Lipinski definition) is 5. The molecular formula is C17H13N3O7S. The number of aromatic carboxylic acids is 1. The van der Waals surface area contributed by atoms with Crippen molar-refractivity contribution in [3.05, 3.63) is 64.6 Å². The van der Waals surface area contributed by atoms with E-state index in [1.807, 2.05) is 0 Å². The minimum absolute atomic E-state index is 0.0146. The first-order chi connectivity index (χ1) is 13.2. The average Bonchev–Trinajstić information content (AvgIpc) is 2.64. The van der Waals surface area contributed by atoms with E-state index in [1.54, 1.807) is 0 Å². The molecule has 3 aromatic rings. The summed E-state index contributed by atoms with van der Waals surface area (Å²) in [7, 11) is -4.05. The van der Waals surface area contributed by atoms with Gasteiger partial charge in [-0.15, -0.1) is 0 Å². The van der Waals surface area contributed by atoms with E-state index in [2.05, 4.69) is 14.7 Å². The molecule has 0 radical (unpaired) electrons. The summed E-state index contributed by atoms with van der Waals surface area (Å²) >= 11 is 0. The van der Waals surface area contributed by atoms with Crippen LogP contribution in [0.3, 0.4) is 0 Å². The molecule has 5 N–H and O–H groups in total. The van der Waals surface area contributed by atoms with Gasteiger partial charge in [-0.25, -0.2) is 18.2 Å². The monoisotopic (exact) mass is 403 g/mol. The minimum atomic E-state index is -4.05. The van der Waals surface area contributed by atoms with Crippen molar-refractivity contribution in [2.75, 3.05) is 4.72 Å². The van der Waals surface area contributed by atoms with Crippen molar-refractivity contribution < 1.29 is 28.5 Å². The zero-order chi connectivity index (χ0) is 20.5. The van der Waals surface area contributed by atoms with Crippen molar-refractivity contribution in [2.45, 2.75) is 4.90 Å². The highest BCUT2D eigenvalue weighted by molar-refractivity contribution is 7.92. The molecule has 0 atom stereocenters. The smallest absolute Gasteiger partial charge is 0.358 e. The Morgan fingerprint density at radius 2 is 1.68 bits per heavy atom. The molecule has 1 aromatic heterocycles. The summed E-state index contributed by atoms with van der Waals surface area (Å²) in [5.74, 6) is -3.03. The molecule has 144 valence electrons. The lowest BCUT2D eigenvalue weighted by Gasteiger charge is -2.13. The molecule has 0 aliphatic heterocycles. The highest BCUT2D eigenvalue weighted by Gasteiger charge is 2.21. The Bertz CT molecular complexity index is 1220. The second-order valence-corrected chi connectivity index (χ2v) is 7.24. The Labute approximate surface area is 157 Å². The third-order valence-corrected chi connectivity index (χ3v) is 5.05. The minimum Gasteiger partial charge on any atom is -0.508 e. The van der Waals surface area contributed by atoms with E-state index in [1.165, 1.54) is 48.5 Å². The van der Waals surface area contributed by atoms with Gasteiger partial charge >= 0.3 is 5.97 Å². The number of phenolic OH excluding ortho intramolecular Hbond substituents is 1. The second kappa shape index (κ2) is 7.04. The van der Waals surface area contributed by atoms with Crippen LogP contribution in [-0.4, -0.2) is 39.7 Å². The summed E-state index contributed by atoms with van der Waals surface area (Å²) in [5, 5.41) is 27.9.